The number of nitrogens with zero attached hydrogens (tertiary/aromatic N) is 1. The van der Waals surface area contributed by atoms with E-state index in [0.29, 0.717) is 12.8 Å². The van der Waals surface area contributed by atoms with E-state index in [-0.39, 0.29) is 0 Å². The predicted octanol–water partition coefficient (Wildman–Crippen LogP) is 0.924. The molecule has 13 heavy (non-hydrogen) atoms. The first kappa shape index (κ1) is 8.53. The predicted molar refractivity (Wildman–Crippen MR) is 50.2 cm³/mol. The average Bonchev–Trinajstić information content (AvgIpc) is 2.48. The molecule has 1 saturated heterocycles. The van der Waals surface area contributed by atoms with Gasteiger partial charge in [0, 0.05) is 5.69 Å². The third-order valence-corrected chi connectivity index (χ3v) is 2.38. The molecule has 0 spiro atoms. The number of aliphatic hydroxyl groups excluding tert-OH is 2. The van der Waals surface area contributed by atoms with E-state index in [1.54, 1.807) is 4.90 Å². The lowest BCUT2D eigenvalue weighted by Crippen LogP contribution is -2.35. The molecule has 3 nitrogen and oxygen atoms in total. The van der Waals surface area contributed by atoms with Crippen LogP contribution in [0.5, 0.6) is 0 Å². The molecule has 2 atom stereocenters. The van der Waals surface area contributed by atoms with Gasteiger partial charge in [0.25, 0.3) is 0 Å². The Balaban J connectivity index is 2.25. The Morgan fingerprint density at radius 3 is 2.08 bits per heavy atom. The van der Waals surface area contributed by atoms with Crippen LogP contribution in [0.15, 0.2) is 30.3 Å². The molecule has 0 radical (unpaired) electrons. The molecule has 2 rings (SSSR count). The Hall–Kier alpha value is -1.06. The molecule has 1 aromatic rings. The van der Waals surface area contributed by atoms with E-state index >= 15 is 0 Å². The second-order valence-corrected chi connectivity index (χ2v) is 3.28. The normalized spacial score (nSPS) is 28.0. The molecular formula is C10H13NO2. The molecule has 0 saturated carbocycles. The molecule has 70 valence electrons. The number of aliphatic hydroxyl groups is 2. The van der Waals surface area contributed by atoms with Gasteiger partial charge in [0.05, 0.1) is 0 Å². The number of hydrogen-bond donors (Lipinski definition) is 2. The van der Waals surface area contributed by atoms with Gasteiger partial charge in [-0.3, -0.25) is 0 Å². The zero-order valence-corrected chi connectivity index (χ0v) is 7.30. The van der Waals surface area contributed by atoms with Crippen LogP contribution < -0.4 is 4.90 Å². The number of anilines is 1. The number of rotatable bonds is 1. The van der Waals surface area contributed by atoms with Gasteiger partial charge in [-0.25, -0.2) is 0 Å². The summed E-state index contributed by atoms with van der Waals surface area (Å²) in [4.78, 5) is 1.64. The van der Waals surface area contributed by atoms with Crippen molar-refractivity contribution < 1.29 is 10.2 Å². The molecule has 2 unspecified atom stereocenters. The monoisotopic (exact) mass is 179 g/mol. The van der Waals surface area contributed by atoms with E-state index in [1.807, 2.05) is 30.3 Å². The van der Waals surface area contributed by atoms with E-state index in [0.717, 1.165) is 5.69 Å². The Morgan fingerprint density at radius 2 is 1.54 bits per heavy atom. The zero-order chi connectivity index (χ0) is 9.26. The lowest BCUT2D eigenvalue weighted by Gasteiger charge is -2.26. The smallest absolute Gasteiger partial charge is 0.129 e. The van der Waals surface area contributed by atoms with Gasteiger partial charge in [-0.05, 0) is 25.0 Å². The molecule has 0 bridgehead atoms. The summed E-state index contributed by atoms with van der Waals surface area (Å²) in [5.41, 5.74) is 0.875. The van der Waals surface area contributed by atoms with E-state index < -0.39 is 12.5 Å². The Morgan fingerprint density at radius 1 is 1.00 bits per heavy atom. The van der Waals surface area contributed by atoms with Gasteiger partial charge in [0.15, 0.2) is 0 Å². The fourth-order valence-corrected chi connectivity index (χ4v) is 1.72. The maximum atomic E-state index is 9.58. The van der Waals surface area contributed by atoms with Gasteiger partial charge in [0.1, 0.15) is 12.5 Å². The van der Waals surface area contributed by atoms with Crippen molar-refractivity contribution in [2.75, 3.05) is 4.90 Å². The summed E-state index contributed by atoms with van der Waals surface area (Å²) in [5, 5.41) is 19.2. The summed E-state index contributed by atoms with van der Waals surface area (Å²) in [6.45, 7) is 0. The van der Waals surface area contributed by atoms with Crippen LogP contribution in [0.25, 0.3) is 0 Å². The van der Waals surface area contributed by atoms with Gasteiger partial charge in [-0.1, -0.05) is 18.2 Å². The summed E-state index contributed by atoms with van der Waals surface area (Å²) in [6.07, 6.45) is 0.182. The van der Waals surface area contributed by atoms with E-state index in [1.165, 1.54) is 0 Å². The largest absolute Gasteiger partial charge is 0.374 e. The maximum Gasteiger partial charge on any atom is 0.129 e. The molecule has 0 aliphatic carbocycles. The Labute approximate surface area is 77.2 Å². The van der Waals surface area contributed by atoms with Crippen molar-refractivity contribution in [3.63, 3.8) is 0 Å². The van der Waals surface area contributed by atoms with E-state index in [4.69, 9.17) is 0 Å². The average molecular weight is 179 g/mol. The Bertz CT molecular complexity index is 266. The highest BCUT2D eigenvalue weighted by Crippen LogP contribution is 2.27. The summed E-state index contributed by atoms with van der Waals surface area (Å²) < 4.78 is 0. The van der Waals surface area contributed by atoms with Gasteiger partial charge in [-0.15, -0.1) is 0 Å². The van der Waals surface area contributed by atoms with Gasteiger partial charge in [0.2, 0.25) is 0 Å². The molecule has 1 aliphatic rings. The number of hydrogen-bond acceptors (Lipinski definition) is 3. The highest BCUT2D eigenvalue weighted by molar-refractivity contribution is 5.47. The van der Waals surface area contributed by atoms with Crippen LogP contribution in [0.2, 0.25) is 0 Å². The van der Waals surface area contributed by atoms with Crippen molar-refractivity contribution in [3.8, 4) is 0 Å². The van der Waals surface area contributed by atoms with E-state index in [2.05, 4.69) is 0 Å². The molecule has 3 heteroatoms. The van der Waals surface area contributed by atoms with Crippen LogP contribution in [0, 0.1) is 0 Å². The second kappa shape index (κ2) is 3.36. The quantitative estimate of drug-likeness (QED) is 0.673. The topological polar surface area (TPSA) is 43.7 Å². The van der Waals surface area contributed by atoms with Crippen molar-refractivity contribution >= 4 is 5.69 Å². The highest BCUT2D eigenvalue weighted by Gasteiger charge is 2.30. The molecule has 1 heterocycles. The van der Waals surface area contributed by atoms with Crippen molar-refractivity contribution in [2.24, 2.45) is 0 Å². The zero-order valence-electron chi connectivity index (χ0n) is 7.30. The number of benzene rings is 1. The van der Waals surface area contributed by atoms with Crippen molar-refractivity contribution in [1.82, 2.24) is 0 Å². The third-order valence-electron chi connectivity index (χ3n) is 2.38. The SMILES string of the molecule is OC1CCC(O)N1c1ccccc1. The molecule has 1 aromatic carbocycles. The fourth-order valence-electron chi connectivity index (χ4n) is 1.72. The minimum Gasteiger partial charge on any atom is -0.374 e. The first-order valence-corrected chi connectivity index (χ1v) is 4.48. The van der Waals surface area contributed by atoms with Gasteiger partial charge in [-0.2, -0.15) is 0 Å². The van der Waals surface area contributed by atoms with Gasteiger partial charge >= 0.3 is 0 Å². The van der Waals surface area contributed by atoms with Gasteiger partial charge < -0.3 is 15.1 Å². The lowest BCUT2D eigenvalue weighted by atomic mass is 10.3. The minimum atomic E-state index is -0.544. The molecule has 1 fully saturated rings. The lowest BCUT2D eigenvalue weighted by molar-refractivity contribution is 0.140. The standard InChI is InChI=1S/C10H13NO2/c12-9-6-7-10(13)11(9)8-4-2-1-3-5-8/h1-5,9-10,12-13H,6-7H2. The van der Waals surface area contributed by atoms with Crippen LogP contribution in [-0.4, -0.2) is 22.7 Å². The molecule has 0 aromatic heterocycles. The highest BCUT2D eigenvalue weighted by atomic mass is 16.3. The fraction of sp³-hybridized carbons (Fsp3) is 0.400. The Kier molecular flexibility index (Phi) is 2.20. The summed E-state index contributed by atoms with van der Waals surface area (Å²) >= 11 is 0. The van der Waals surface area contributed by atoms with Crippen LogP contribution in [0.3, 0.4) is 0 Å². The van der Waals surface area contributed by atoms with Crippen LogP contribution >= 0.6 is 0 Å². The summed E-state index contributed by atoms with van der Waals surface area (Å²) in [5.74, 6) is 0. The van der Waals surface area contributed by atoms with Crippen LogP contribution in [0.1, 0.15) is 12.8 Å². The van der Waals surface area contributed by atoms with Crippen molar-refractivity contribution in [3.05, 3.63) is 30.3 Å². The van der Waals surface area contributed by atoms with Crippen LogP contribution in [-0.2, 0) is 0 Å². The first-order valence-electron chi connectivity index (χ1n) is 4.48. The maximum absolute atomic E-state index is 9.58. The summed E-state index contributed by atoms with van der Waals surface area (Å²) in [7, 11) is 0. The first-order chi connectivity index (χ1) is 6.29. The summed E-state index contributed by atoms with van der Waals surface area (Å²) in [6, 6.07) is 9.48. The van der Waals surface area contributed by atoms with E-state index in [9.17, 15) is 10.2 Å². The molecule has 1 aliphatic heterocycles. The van der Waals surface area contributed by atoms with Crippen molar-refractivity contribution in [2.45, 2.75) is 25.3 Å². The second-order valence-electron chi connectivity index (χ2n) is 3.28. The minimum absolute atomic E-state index is 0.544. The van der Waals surface area contributed by atoms with Crippen molar-refractivity contribution in [1.29, 1.82) is 0 Å². The molecule has 0 amide bonds. The third kappa shape index (κ3) is 1.53. The molecule has 2 N–H and O–H groups in total. The number of para-hydroxylation sites is 1. The van der Waals surface area contributed by atoms with Crippen LogP contribution in [0.4, 0.5) is 5.69 Å². The molecular weight excluding hydrogens is 166 g/mol.